The number of rotatable bonds is 10. The van der Waals surface area contributed by atoms with Crippen molar-refractivity contribution in [2.75, 3.05) is 27.3 Å². The van der Waals surface area contributed by atoms with Crippen molar-refractivity contribution in [1.82, 2.24) is 4.90 Å². The van der Waals surface area contributed by atoms with Crippen LogP contribution in [0.1, 0.15) is 46.1 Å². The lowest BCUT2D eigenvalue weighted by molar-refractivity contribution is -0.144. The molecule has 0 spiro atoms. The summed E-state index contributed by atoms with van der Waals surface area (Å²) in [5, 5.41) is 9.86. The number of carbonyl (C=O) groups excluding carboxylic acids is 2. The van der Waals surface area contributed by atoms with Crippen LogP contribution in [0.5, 0.6) is 5.75 Å². The third-order valence-corrected chi connectivity index (χ3v) is 5.59. The predicted molar refractivity (Wildman–Crippen MR) is 117 cm³/mol. The molecule has 1 aromatic rings. The zero-order valence-electron chi connectivity index (χ0n) is 18.7. The number of thioether (sulfide) groups is 1. The van der Waals surface area contributed by atoms with Crippen molar-refractivity contribution in [3.05, 3.63) is 29.8 Å². The number of hydrogen-bond donors (Lipinski definition) is 0. The van der Waals surface area contributed by atoms with Gasteiger partial charge in [0, 0.05) is 19.3 Å². The van der Waals surface area contributed by atoms with Crippen LogP contribution in [0.25, 0.3) is 0 Å². The van der Waals surface area contributed by atoms with E-state index in [1.807, 2.05) is 24.3 Å². The van der Waals surface area contributed by atoms with Gasteiger partial charge in [-0.1, -0.05) is 12.1 Å². The molecule has 166 valence electrons. The number of carbonyl (C=O) groups is 2. The monoisotopic (exact) mass is 436 g/mol. The standard InChI is InChI=1S/C22H32N2O5S/c1-7-28-19(25)22(16-23,30-15-17-9-11-18(27-6)12-10-17)13-8-14-24(5)20(26)29-21(2,3)4/h9-12H,7-8,13-15H2,1-6H3. The molecular weight excluding hydrogens is 404 g/mol. The molecule has 0 saturated heterocycles. The highest BCUT2D eigenvalue weighted by atomic mass is 32.2. The second kappa shape index (κ2) is 11.7. The van der Waals surface area contributed by atoms with Gasteiger partial charge in [-0.25, -0.2) is 9.59 Å². The Bertz CT molecular complexity index is 739. The highest BCUT2D eigenvalue weighted by Crippen LogP contribution is 2.34. The highest BCUT2D eigenvalue weighted by molar-refractivity contribution is 8.00. The molecule has 0 aliphatic carbocycles. The van der Waals surface area contributed by atoms with Gasteiger partial charge in [-0.3, -0.25) is 0 Å². The van der Waals surface area contributed by atoms with Gasteiger partial charge in [0.1, 0.15) is 11.4 Å². The summed E-state index contributed by atoms with van der Waals surface area (Å²) in [4.78, 5) is 26.2. The lowest BCUT2D eigenvalue weighted by atomic mass is 10.0. The first-order valence-electron chi connectivity index (χ1n) is 9.86. The van der Waals surface area contributed by atoms with Crippen molar-refractivity contribution in [2.24, 2.45) is 0 Å². The van der Waals surface area contributed by atoms with Crippen molar-refractivity contribution in [1.29, 1.82) is 5.26 Å². The van der Waals surface area contributed by atoms with Crippen molar-refractivity contribution >= 4 is 23.8 Å². The molecule has 1 aromatic carbocycles. The Labute approximate surface area is 183 Å². The van der Waals surface area contributed by atoms with Gasteiger partial charge in [0.15, 0.2) is 4.75 Å². The molecule has 8 heteroatoms. The normalized spacial score (nSPS) is 13.0. The van der Waals surface area contributed by atoms with Crippen LogP contribution >= 0.6 is 11.8 Å². The predicted octanol–water partition coefficient (Wildman–Crippen LogP) is 4.40. The number of methoxy groups -OCH3 is 1. The minimum atomic E-state index is -1.34. The van der Waals surface area contributed by atoms with Gasteiger partial charge >= 0.3 is 12.1 Å². The molecule has 7 nitrogen and oxygen atoms in total. The van der Waals surface area contributed by atoms with Crippen LogP contribution in [0, 0.1) is 11.3 Å². The molecule has 0 aromatic heterocycles. The fraction of sp³-hybridized carbons (Fsp3) is 0.591. The van der Waals surface area contributed by atoms with E-state index in [1.54, 1.807) is 41.9 Å². The van der Waals surface area contributed by atoms with Crippen molar-refractivity contribution in [3.8, 4) is 11.8 Å². The number of esters is 1. The number of nitriles is 1. The second-order valence-corrected chi connectivity index (χ2v) is 9.08. The van der Waals surface area contributed by atoms with E-state index in [-0.39, 0.29) is 13.0 Å². The maximum absolute atomic E-state index is 12.6. The maximum atomic E-state index is 12.6. The van der Waals surface area contributed by atoms with Crippen LogP contribution in [-0.2, 0) is 20.0 Å². The zero-order chi connectivity index (χ0) is 22.8. The summed E-state index contributed by atoms with van der Waals surface area (Å²) >= 11 is 1.24. The molecule has 0 bridgehead atoms. The van der Waals surface area contributed by atoms with Gasteiger partial charge in [0.05, 0.1) is 19.8 Å². The topological polar surface area (TPSA) is 88.9 Å². The Morgan fingerprint density at radius 3 is 2.33 bits per heavy atom. The fourth-order valence-corrected chi connectivity index (χ4v) is 3.67. The van der Waals surface area contributed by atoms with E-state index in [9.17, 15) is 14.9 Å². The molecule has 0 N–H and O–H groups in total. The maximum Gasteiger partial charge on any atom is 0.410 e. The molecular formula is C22H32N2O5S. The first kappa shape index (κ1) is 25.6. The van der Waals surface area contributed by atoms with E-state index < -0.39 is 22.4 Å². The van der Waals surface area contributed by atoms with Crippen molar-refractivity contribution < 1.29 is 23.8 Å². The average Bonchev–Trinajstić information content (AvgIpc) is 2.69. The Balaban J connectivity index is 2.80. The summed E-state index contributed by atoms with van der Waals surface area (Å²) in [5.41, 5.74) is 0.386. The summed E-state index contributed by atoms with van der Waals surface area (Å²) < 4.78 is 14.3. The Morgan fingerprint density at radius 1 is 1.20 bits per heavy atom. The summed E-state index contributed by atoms with van der Waals surface area (Å²) in [7, 11) is 3.23. The van der Waals surface area contributed by atoms with E-state index in [1.165, 1.54) is 16.7 Å². The second-order valence-electron chi connectivity index (χ2n) is 7.80. The summed E-state index contributed by atoms with van der Waals surface area (Å²) in [5.74, 6) is 0.662. The minimum absolute atomic E-state index is 0.198. The van der Waals surface area contributed by atoms with Crippen LogP contribution < -0.4 is 4.74 Å². The molecule has 0 fully saturated rings. The zero-order valence-corrected chi connectivity index (χ0v) is 19.5. The molecule has 0 saturated carbocycles. The fourth-order valence-electron chi connectivity index (χ4n) is 2.54. The van der Waals surface area contributed by atoms with E-state index in [4.69, 9.17) is 14.2 Å². The van der Waals surface area contributed by atoms with E-state index in [0.717, 1.165) is 11.3 Å². The van der Waals surface area contributed by atoms with Gasteiger partial charge in [-0.05, 0) is 58.2 Å². The highest BCUT2D eigenvalue weighted by Gasteiger charge is 2.41. The van der Waals surface area contributed by atoms with Crippen molar-refractivity contribution in [2.45, 2.75) is 56.6 Å². The van der Waals surface area contributed by atoms with E-state index in [2.05, 4.69) is 6.07 Å². The van der Waals surface area contributed by atoms with Crippen LogP contribution in [0.2, 0.25) is 0 Å². The van der Waals surface area contributed by atoms with Gasteiger partial charge in [-0.2, -0.15) is 5.26 Å². The summed E-state index contributed by atoms with van der Waals surface area (Å²) in [6.07, 6.45) is 0.278. The molecule has 1 amide bonds. The van der Waals surface area contributed by atoms with Gasteiger partial charge in [0.2, 0.25) is 0 Å². The lowest BCUT2D eigenvalue weighted by Gasteiger charge is -2.27. The Kier molecular flexibility index (Phi) is 10.00. The summed E-state index contributed by atoms with van der Waals surface area (Å²) in [6, 6.07) is 9.63. The third kappa shape index (κ3) is 8.15. The van der Waals surface area contributed by atoms with E-state index in [0.29, 0.717) is 18.7 Å². The molecule has 1 unspecified atom stereocenters. The molecule has 0 aliphatic rings. The number of amides is 1. The molecule has 30 heavy (non-hydrogen) atoms. The number of hydrogen-bond acceptors (Lipinski definition) is 7. The molecule has 0 radical (unpaired) electrons. The lowest BCUT2D eigenvalue weighted by Crippen LogP contribution is -2.38. The van der Waals surface area contributed by atoms with E-state index >= 15 is 0 Å². The van der Waals surface area contributed by atoms with Gasteiger partial charge in [-0.15, -0.1) is 11.8 Å². The molecule has 1 atom stereocenters. The molecule has 0 aliphatic heterocycles. The van der Waals surface area contributed by atoms with Crippen LogP contribution in [0.4, 0.5) is 4.79 Å². The van der Waals surface area contributed by atoms with Gasteiger partial charge < -0.3 is 19.1 Å². The summed E-state index contributed by atoms with van der Waals surface area (Å²) in [6.45, 7) is 7.68. The first-order valence-corrected chi connectivity index (χ1v) is 10.8. The van der Waals surface area contributed by atoms with Gasteiger partial charge in [0.25, 0.3) is 0 Å². The number of ether oxygens (including phenoxy) is 3. The minimum Gasteiger partial charge on any atom is -0.497 e. The Hall–Kier alpha value is -2.40. The Morgan fingerprint density at radius 2 is 1.83 bits per heavy atom. The quantitative estimate of drug-likeness (QED) is 0.502. The molecule has 1 rings (SSSR count). The van der Waals surface area contributed by atoms with Crippen LogP contribution in [0.15, 0.2) is 24.3 Å². The smallest absolute Gasteiger partial charge is 0.410 e. The number of benzene rings is 1. The average molecular weight is 437 g/mol. The largest absolute Gasteiger partial charge is 0.497 e. The van der Waals surface area contributed by atoms with Crippen LogP contribution in [0.3, 0.4) is 0 Å². The van der Waals surface area contributed by atoms with Crippen LogP contribution in [-0.4, -0.2) is 54.6 Å². The molecule has 0 heterocycles. The first-order chi connectivity index (χ1) is 14.1. The number of nitrogens with zero attached hydrogens (tertiary/aromatic N) is 2. The van der Waals surface area contributed by atoms with Crippen molar-refractivity contribution in [3.63, 3.8) is 0 Å². The third-order valence-electron chi connectivity index (χ3n) is 4.16. The SMILES string of the molecule is CCOC(=O)C(C#N)(CCCN(C)C(=O)OC(C)(C)C)SCc1ccc(OC)cc1.